The molecule has 2 amide bonds. The fourth-order valence-electron chi connectivity index (χ4n) is 3.54. The van der Waals surface area contributed by atoms with Crippen molar-refractivity contribution in [3.8, 4) is 16.9 Å². The quantitative estimate of drug-likeness (QED) is 0.379. The molecule has 3 aromatic carbocycles. The van der Waals surface area contributed by atoms with Crippen molar-refractivity contribution in [1.29, 1.82) is 0 Å². The van der Waals surface area contributed by atoms with Crippen molar-refractivity contribution in [2.45, 2.75) is 13.0 Å². The highest BCUT2D eigenvalue weighted by atomic mass is 35.5. The highest BCUT2D eigenvalue weighted by Gasteiger charge is 2.26. The molecule has 4 rings (SSSR count). The van der Waals surface area contributed by atoms with Crippen LogP contribution in [0, 0.1) is 5.82 Å². The molecule has 4 aromatic rings. The first-order chi connectivity index (χ1) is 16.3. The molecule has 0 aliphatic carbocycles. The van der Waals surface area contributed by atoms with Gasteiger partial charge in [-0.25, -0.2) is 9.07 Å². The zero-order valence-corrected chi connectivity index (χ0v) is 19.3. The van der Waals surface area contributed by atoms with E-state index in [0.29, 0.717) is 38.1 Å². The van der Waals surface area contributed by atoms with Crippen LogP contribution in [0.2, 0.25) is 10.0 Å². The number of nitrogens with zero attached hydrogens (tertiary/aromatic N) is 2. The summed E-state index contributed by atoms with van der Waals surface area (Å²) in [6.07, 6.45) is -0.221. The average Bonchev–Trinajstić information content (AvgIpc) is 3.17. The van der Waals surface area contributed by atoms with Gasteiger partial charge in [0.05, 0.1) is 22.8 Å². The highest BCUT2D eigenvalue weighted by Crippen LogP contribution is 2.33. The van der Waals surface area contributed by atoms with Gasteiger partial charge in [0.15, 0.2) is 5.69 Å². The number of benzene rings is 3. The number of carbonyl (C=O) groups is 2. The summed E-state index contributed by atoms with van der Waals surface area (Å²) in [6.45, 7) is 0.143. The number of amides is 2. The van der Waals surface area contributed by atoms with E-state index in [-0.39, 0.29) is 24.5 Å². The third-order valence-corrected chi connectivity index (χ3v) is 5.69. The van der Waals surface area contributed by atoms with E-state index in [1.54, 1.807) is 60.7 Å². The van der Waals surface area contributed by atoms with Crippen LogP contribution in [-0.4, -0.2) is 21.6 Å². The van der Waals surface area contributed by atoms with Crippen LogP contribution in [-0.2, 0) is 17.8 Å². The summed E-state index contributed by atoms with van der Waals surface area (Å²) >= 11 is 12.5. The number of halogens is 3. The Morgan fingerprint density at radius 2 is 1.65 bits per heavy atom. The Morgan fingerprint density at radius 1 is 0.971 bits per heavy atom. The minimum atomic E-state index is -0.624. The summed E-state index contributed by atoms with van der Waals surface area (Å²) in [5.41, 5.74) is 8.31. The Bertz CT molecular complexity index is 1350. The Labute approximate surface area is 205 Å². The van der Waals surface area contributed by atoms with Crippen LogP contribution in [0.1, 0.15) is 21.6 Å². The third kappa shape index (κ3) is 5.11. The van der Waals surface area contributed by atoms with E-state index in [2.05, 4.69) is 10.4 Å². The van der Waals surface area contributed by atoms with Crippen molar-refractivity contribution in [1.82, 2.24) is 15.1 Å². The Balaban J connectivity index is 1.83. The Hall–Kier alpha value is -3.68. The van der Waals surface area contributed by atoms with Gasteiger partial charge in [-0.1, -0.05) is 59.6 Å². The monoisotopic (exact) mass is 496 g/mol. The van der Waals surface area contributed by atoms with Crippen LogP contribution < -0.4 is 11.1 Å². The maximum Gasteiger partial charge on any atom is 0.272 e. The topological polar surface area (TPSA) is 90.0 Å². The molecule has 0 bridgehead atoms. The second-order valence-corrected chi connectivity index (χ2v) is 8.34. The fourth-order valence-corrected chi connectivity index (χ4v) is 3.89. The van der Waals surface area contributed by atoms with E-state index in [4.69, 9.17) is 28.9 Å². The summed E-state index contributed by atoms with van der Waals surface area (Å²) in [4.78, 5) is 25.2. The molecule has 0 radical (unpaired) electrons. The molecular weight excluding hydrogens is 478 g/mol. The van der Waals surface area contributed by atoms with Crippen LogP contribution >= 0.6 is 23.2 Å². The molecule has 3 N–H and O–H groups in total. The van der Waals surface area contributed by atoms with Gasteiger partial charge in [0.2, 0.25) is 5.91 Å². The SMILES string of the molecule is NC(=O)Cc1c(C(=O)NCc2ccc(F)cc2)nn(-c2ccccc2Cl)c1-c1ccc(Cl)cc1. The molecule has 6 nitrogen and oxygen atoms in total. The molecule has 0 saturated heterocycles. The lowest BCUT2D eigenvalue weighted by atomic mass is 10.0. The van der Waals surface area contributed by atoms with Crippen molar-refractivity contribution in [3.63, 3.8) is 0 Å². The van der Waals surface area contributed by atoms with Crippen LogP contribution in [0.4, 0.5) is 4.39 Å². The van der Waals surface area contributed by atoms with E-state index in [0.717, 1.165) is 0 Å². The van der Waals surface area contributed by atoms with Crippen molar-refractivity contribution in [3.05, 3.63) is 105 Å². The van der Waals surface area contributed by atoms with Gasteiger partial charge in [0, 0.05) is 22.7 Å². The first kappa shape index (κ1) is 23.5. The number of para-hydroxylation sites is 1. The van der Waals surface area contributed by atoms with E-state index < -0.39 is 11.8 Å². The largest absolute Gasteiger partial charge is 0.369 e. The first-order valence-corrected chi connectivity index (χ1v) is 11.0. The molecule has 0 atom stereocenters. The summed E-state index contributed by atoms with van der Waals surface area (Å²) in [7, 11) is 0. The van der Waals surface area contributed by atoms with Crippen LogP contribution in [0.15, 0.2) is 72.8 Å². The van der Waals surface area contributed by atoms with Gasteiger partial charge in [0.25, 0.3) is 5.91 Å². The molecule has 0 aliphatic heterocycles. The second kappa shape index (κ2) is 10.1. The molecule has 0 saturated carbocycles. The van der Waals surface area contributed by atoms with Crippen molar-refractivity contribution in [2.24, 2.45) is 5.73 Å². The Morgan fingerprint density at radius 3 is 2.29 bits per heavy atom. The zero-order valence-electron chi connectivity index (χ0n) is 17.8. The number of nitrogens with one attached hydrogen (secondary N) is 1. The molecule has 0 unspecified atom stereocenters. The summed E-state index contributed by atoms with van der Waals surface area (Å²) < 4.78 is 14.7. The average molecular weight is 497 g/mol. The van der Waals surface area contributed by atoms with Gasteiger partial charge < -0.3 is 11.1 Å². The molecule has 1 aromatic heterocycles. The smallest absolute Gasteiger partial charge is 0.272 e. The minimum Gasteiger partial charge on any atom is -0.369 e. The summed E-state index contributed by atoms with van der Waals surface area (Å²) in [6, 6.07) is 19.7. The van der Waals surface area contributed by atoms with Gasteiger partial charge in [-0.15, -0.1) is 0 Å². The van der Waals surface area contributed by atoms with Crippen LogP contribution in [0.25, 0.3) is 16.9 Å². The summed E-state index contributed by atoms with van der Waals surface area (Å²) in [5.74, 6) is -1.51. The number of primary amides is 1. The molecule has 0 fully saturated rings. The van der Waals surface area contributed by atoms with E-state index in [1.807, 2.05) is 0 Å². The highest BCUT2D eigenvalue weighted by molar-refractivity contribution is 6.32. The van der Waals surface area contributed by atoms with Crippen molar-refractivity contribution in [2.75, 3.05) is 0 Å². The predicted octanol–water partition coefficient (Wildman–Crippen LogP) is 4.94. The zero-order chi connectivity index (χ0) is 24.2. The van der Waals surface area contributed by atoms with E-state index in [1.165, 1.54) is 16.8 Å². The van der Waals surface area contributed by atoms with Gasteiger partial charge >= 0.3 is 0 Å². The number of hydrogen-bond donors (Lipinski definition) is 2. The number of nitrogens with two attached hydrogens (primary N) is 1. The lowest BCUT2D eigenvalue weighted by Crippen LogP contribution is -2.25. The molecular formula is C25H19Cl2FN4O2. The number of aromatic nitrogens is 2. The van der Waals surface area contributed by atoms with Gasteiger partial charge in [-0.3, -0.25) is 9.59 Å². The predicted molar refractivity (Wildman–Crippen MR) is 129 cm³/mol. The lowest BCUT2D eigenvalue weighted by molar-refractivity contribution is -0.117. The second-order valence-electron chi connectivity index (χ2n) is 7.50. The Kier molecular flexibility index (Phi) is 6.95. The van der Waals surface area contributed by atoms with Gasteiger partial charge in [-0.05, 0) is 42.0 Å². The molecule has 9 heteroatoms. The number of hydrogen-bond acceptors (Lipinski definition) is 3. The number of rotatable bonds is 7. The van der Waals surface area contributed by atoms with Crippen molar-refractivity contribution >= 4 is 35.0 Å². The first-order valence-electron chi connectivity index (χ1n) is 10.3. The molecule has 1 heterocycles. The van der Waals surface area contributed by atoms with Gasteiger partial charge in [0.1, 0.15) is 5.82 Å². The fraction of sp³-hybridized carbons (Fsp3) is 0.0800. The standard InChI is InChI=1S/C25H19Cl2FN4O2/c26-17-9-7-16(8-10-17)24-19(13-22(29)33)23(31-32(24)21-4-2-1-3-20(21)27)25(34)30-14-15-5-11-18(28)12-6-15/h1-12H,13-14H2,(H2,29,33)(H,30,34). The number of carbonyl (C=O) groups excluding carboxylic acids is 2. The third-order valence-electron chi connectivity index (χ3n) is 5.11. The molecule has 172 valence electrons. The molecule has 34 heavy (non-hydrogen) atoms. The van der Waals surface area contributed by atoms with Gasteiger partial charge in [-0.2, -0.15) is 5.10 Å². The van der Waals surface area contributed by atoms with E-state index in [9.17, 15) is 14.0 Å². The van der Waals surface area contributed by atoms with Crippen LogP contribution in [0.3, 0.4) is 0 Å². The van der Waals surface area contributed by atoms with Crippen LogP contribution in [0.5, 0.6) is 0 Å². The normalized spacial score (nSPS) is 10.8. The van der Waals surface area contributed by atoms with Crippen molar-refractivity contribution < 1.29 is 14.0 Å². The maximum absolute atomic E-state index is 13.2. The lowest BCUT2D eigenvalue weighted by Gasteiger charge is -2.11. The summed E-state index contributed by atoms with van der Waals surface area (Å²) in [5, 5.41) is 8.25. The van der Waals surface area contributed by atoms with E-state index >= 15 is 0 Å². The minimum absolute atomic E-state index is 0.0331. The maximum atomic E-state index is 13.2. The molecule has 0 aliphatic rings. The molecule has 0 spiro atoms.